The topological polar surface area (TPSA) is 202 Å². The minimum Gasteiger partial charge on any atom is -0.478 e. The van der Waals surface area contributed by atoms with Gasteiger partial charge in [-0.3, -0.25) is 14.1 Å². The summed E-state index contributed by atoms with van der Waals surface area (Å²) in [5, 5.41) is 16.6. The fraction of sp³-hybridized carbons (Fsp3) is 0.500. The zero-order chi connectivity index (χ0) is 22.1. The van der Waals surface area contributed by atoms with Crippen LogP contribution in [0.3, 0.4) is 0 Å². The number of carboxylic acid groups (broad SMARTS) is 1. The van der Waals surface area contributed by atoms with Gasteiger partial charge in [-0.1, -0.05) is 5.16 Å². The first-order chi connectivity index (χ1) is 13.2. The molecule has 0 aliphatic carbocycles. The van der Waals surface area contributed by atoms with Gasteiger partial charge in [-0.05, 0) is 20.8 Å². The lowest BCUT2D eigenvalue weighted by Gasteiger charge is -2.44. The zero-order valence-electron chi connectivity index (χ0n) is 15.5. The van der Waals surface area contributed by atoms with Crippen LogP contribution in [0, 0.1) is 0 Å². The van der Waals surface area contributed by atoms with Crippen molar-refractivity contribution in [2.24, 2.45) is 5.16 Å². The highest BCUT2D eigenvalue weighted by Crippen LogP contribution is 2.21. The van der Waals surface area contributed by atoms with Crippen LogP contribution in [0.1, 0.15) is 26.5 Å². The number of thiazole rings is 1. The molecule has 5 N–H and O–H groups in total. The standard InChI is InChI=1S/C14H19N5O8S2/c1-6-8(11(21)19(6)5-29(24,25)26)17-10(20)9(7-4-28-13(15)16-7)18-27-14(2,3)12(22)23/h4,6,8H,5H2,1-3H3,(H2,15,16)(H,17,20)(H,22,23)(H,24,25,26). The predicted octanol–water partition coefficient (Wildman–Crippen LogP) is -1.13. The van der Waals surface area contributed by atoms with Gasteiger partial charge in [0.05, 0.1) is 6.04 Å². The van der Waals surface area contributed by atoms with Gasteiger partial charge in [-0.15, -0.1) is 11.3 Å². The average Bonchev–Trinajstić information content (AvgIpc) is 3.02. The van der Waals surface area contributed by atoms with Gasteiger partial charge in [-0.25, -0.2) is 9.78 Å². The lowest BCUT2D eigenvalue weighted by molar-refractivity contribution is -0.161. The maximum atomic E-state index is 12.6. The fourth-order valence-electron chi connectivity index (χ4n) is 2.23. The molecule has 2 heterocycles. The molecule has 2 atom stereocenters. The number of aliphatic carboxylic acids is 1. The normalized spacial score (nSPS) is 20.2. The molecule has 2 unspecified atom stereocenters. The summed E-state index contributed by atoms with van der Waals surface area (Å²) < 4.78 is 30.8. The lowest BCUT2D eigenvalue weighted by Crippen LogP contribution is -2.70. The Morgan fingerprint density at radius 1 is 1.48 bits per heavy atom. The van der Waals surface area contributed by atoms with Crippen molar-refractivity contribution in [2.45, 2.75) is 38.5 Å². The van der Waals surface area contributed by atoms with E-state index in [4.69, 9.17) is 20.2 Å². The first-order valence-electron chi connectivity index (χ1n) is 8.00. The second-order valence-electron chi connectivity index (χ2n) is 6.63. The summed E-state index contributed by atoms with van der Waals surface area (Å²) in [6, 6.07) is -1.82. The van der Waals surface area contributed by atoms with Gasteiger partial charge in [0.2, 0.25) is 11.5 Å². The van der Waals surface area contributed by atoms with Crippen molar-refractivity contribution in [2.75, 3.05) is 11.6 Å². The summed E-state index contributed by atoms with van der Waals surface area (Å²) in [5.74, 6) is -3.87. The van der Waals surface area contributed by atoms with Crippen molar-refractivity contribution in [3.8, 4) is 0 Å². The zero-order valence-corrected chi connectivity index (χ0v) is 17.2. The number of β-lactam (4-membered cyclic amide) rings is 1. The molecule has 13 nitrogen and oxygen atoms in total. The third-order valence-electron chi connectivity index (χ3n) is 3.97. The number of aromatic nitrogens is 1. The van der Waals surface area contributed by atoms with E-state index in [9.17, 15) is 22.8 Å². The van der Waals surface area contributed by atoms with Crippen molar-refractivity contribution in [3.63, 3.8) is 0 Å². The van der Waals surface area contributed by atoms with Crippen LogP contribution < -0.4 is 11.1 Å². The van der Waals surface area contributed by atoms with Crippen molar-refractivity contribution < 1.29 is 37.3 Å². The number of likely N-dealkylation sites (tertiary alicyclic amines) is 1. The molecule has 1 aliphatic heterocycles. The molecular weight excluding hydrogens is 430 g/mol. The molecular formula is C14H19N5O8S2. The third kappa shape index (κ3) is 5.18. The maximum Gasteiger partial charge on any atom is 0.350 e. The second kappa shape index (κ2) is 7.92. The predicted molar refractivity (Wildman–Crippen MR) is 101 cm³/mol. The maximum absolute atomic E-state index is 12.6. The molecule has 0 saturated carbocycles. The molecule has 1 saturated heterocycles. The highest BCUT2D eigenvalue weighted by molar-refractivity contribution is 7.85. The molecule has 2 rings (SSSR count). The van der Waals surface area contributed by atoms with Crippen molar-refractivity contribution in [1.82, 2.24) is 15.2 Å². The quantitative estimate of drug-likeness (QED) is 0.163. The van der Waals surface area contributed by atoms with Crippen molar-refractivity contribution >= 4 is 50.1 Å². The second-order valence-corrected chi connectivity index (χ2v) is 8.94. The number of hydrogen-bond donors (Lipinski definition) is 4. The van der Waals surface area contributed by atoms with Crippen LogP contribution >= 0.6 is 11.3 Å². The fourth-order valence-corrected chi connectivity index (χ4v) is 3.49. The molecule has 15 heteroatoms. The largest absolute Gasteiger partial charge is 0.478 e. The Balaban J connectivity index is 2.21. The minimum absolute atomic E-state index is 0.000376. The Labute approximate surface area is 169 Å². The number of rotatable bonds is 8. The van der Waals surface area contributed by atoms with E-state index in [2.05, 4.69) is 15.5 Å². The molecule has 160 valence electrons. The number of carbonyl (C=O) groups excluding carboxylic acids is 2. The SMILES string of the molecule is CC1C(NC(=O)C(=NOC(C)(C)C(=O)O)c2csc(N)n2)C(=O)N1CS(=O)(=O)O. The molecule has 0 radical (unpaired) electrons. The summed E-state index contributed by atoms with van der Waals surface area (Å²) in [7, 11) is -4.42. The van der Waals surface area contributed by atoms with E-state index in [1.54, 1.807) is 0 Å². The molecule has 0 aromatic carbocycles. The van der Waals surface area contributed by atoms with Gasteiger partial charge >= 0.3 is 5.97 Å². The first-order valence-corrected chi connectivity index (χ1v) is 10.5. The number of nitrogens with zero attached hydrogens (tertiary/aromatic N) is 3. The summed E-state index contributed by atoms with van der Waals surface area (Å²) in [4.78, 5) is 45.6. The molecule has 2 amide bonds. The number of carbonyl (C=O) groups is 3. The number of amides is 2. The number of hydrogen-bond acceptors (Lipinski definition) is 10. The smallest absolute Gasteiger partial charge is 0.350 e. The molecule has 29 heavy (non-hydrogen) atoms. The molecule has 1 aliphatic rings. The number of carboxylic acids is 1. The average molecular weight is 449 g/mol. The number of nitrogens with two attached hydrogens (primary N) is 1. The number of nitrogens with one attached hydrogen (secondary N) is 1. The molecule has 1 aromatic heterocycles. The van der Waals surface area contributed by atoms with Crippen LogP contribution in [-0.2, 0) is 29.3 Å². The van der Waals surface area contributed by atoms with E-state index in [0.29, 0.717) is 0 Å². The first kappa shape index (κ1) is 22.5. The van der Waals surface area contributed by atoms with Crippen LogP contribution in [0.2, 0.25) is 0 Å². The monoisotopic (exact) mass is 449 g/mol. The summed E-state index contributed by atoms with van der Waals surface area (Å²) in [6.45, 7) is 3.90. The van der Waals surface area contributed by atoms with E-state index >= 15 is 0 Å². The number of anilines is 1. The Bertz CT molecular complexity index is 970. The molecule has 1 aromatic rings. The Morgan fingerprint density at radius 3 is 2.55 bits per heavy atom. The van der Waals surface area contributed by atoms with Gasteiger partial charge in [0.15, 0.2) is 10.8 Å². The minimum atomic E-state index is -4.42. The van der Waals surface area contributed by atoms with E-state index in [1.807, 2.05) is 0 Å². The Morgan fingerprint density at radius 2 is 2.10 bits per heavy atom. The highest BCUT2D eigenvalue weighted by atomic mass is 32.2. The van der Waals surface area contributed by atoms with Gasteiger partial charge < -0.3 is 25.9 Å². The van der Waals surface area contributed by atoms with Gasteiger partial charge in [0.25, 0.3) is 16.0 Å². The Kier molecular flexibility index (Phi) is 6.15. The highest BCUT2D eigenvalue weighted by Gasteiger charge is 2.47. The Hall–Kier alpha value is -2.78. The summed E-state index contributed by atoms with van der Waals surface area (Å²) in [5.41, 5.74) is 3.38. The van der Waals surface area contributed by atoms with Crippen LogP contribution in [0.4, 0.5) is 5.13 Å². The van der Waals surface area contributed by atoms with Crippen LogP contribution in [0.15, 0.2) is 10.5 Å². The third-order valence-corrected chi connectivity index (χ3v) is 5.25. The van der Waals surface area contributed by atoms with Crippen LogP contribution in [0.25, 0.3) is 0 Å². The van der Waals surface area contributed by atoms with Gasteiger partial charge in [0.1, 0.15) is 17.6 Å². The molecule has 0 spiro atoms. The summed E-state index contributed by atoms with van der Waals surface area (Å²) >= 11 is 1.00. The van der Waals surface area contributed by atoms with E-state index < -0.39 is 57.2 Å². The van der Waals surface area contributed by atoms with E-state index in [0.717, 1.165) is 16.2 Å². The number of nitrogen functional groups attached to an aromatic ring is 1. The van der Waals surface area contributed by atoms with Crippen molar-refractivity contribution in [1.29, 1.82) is 0 Å². The molecule has 1 fully saturated rings. The van der Waals surface area contributed by atoms with Gasteiger partial charge in [-0.2, -0.15) is 8.42 Å². The van der Waals surface area contributed by atoms with E-state index in [-0.39, 0.29) is 10.8 Å². The number of oxime groups is 1. The lowest BCUT2D eigenvalue weighted by atomic mass is 9.97. The summed E-state index contributed by atoms with van der Waals surface area (Å²) in [6.07, 6.45) is 0. The van der Waals surface area contributed by atoms with Crippen LogP contribution in [0.5, 0.6) is 0 Å². The van der Waals surface area contributed by atoms with E-state index in [1.165, 1.54) is 26.2 Å². The van der Waals surface area contributed by atoms with Crippen LogP contribution in [-0.4, -0.2) is 75.0 Å². The van der Waals surface area contributed by atoms with Gasteiger partial charge in [0, 0.05) is 5.38 Å². The van der Waals surface area contributed by atoms with Crippen molar-refractivity contribution in [3.05, 3.63) is 11.1 Å². The molecule has 0 bridgehead atoms.